The van der Waals surface area contributed by atoms with Crippen molar-refractivity contribution in [1.82, 2.24) is 0 Å². The molecule has 0 fully saturated rings. The first kappa shape index (κ1) is 14.9. The highest BCUT2D eigenvalue weighted by Crippen LogP contribution is 2.27. The molecule has 0 aliphatic rings. The van der Waals surface area contributed by atoms with Gasteiger partial charge >= 0.3 is 0 Å². The summed E-state index contributed by atoms with van der Waals surface area (Å²) in [5.74, 6) is -0.135. The number of hydrogen-bond donors (Lipinski definition) is 2. The van der Waals surface area contributed by atoms with Crippen LogP contribution in [0.15, 0.2) is 47.4 Å². The van der Waals surface area contributed by atoms with Crippen molar-refractivity contribution in [3.8, 4) is 11.8 Å². The molecule has 0 saturated heterocycles. The Morgan fingerprint density at radius 1 is 1.19 bits per heavy atom. The summed E-state index contributed by atoms with van der Waals surface area (Å²) in [6.45, 7) is 1.94. The molecule has 0 radical (unpaired) electrons. The van der Waals surface area contributed by atoms with Crippen LogP contribution in [-0.2, 0) is 16.4 Å². The Kier molecular flexibility index (Phi) is 4.15. The Labute approximate surface area is 123 Å². The molecule has 0 heterocycles. The van der Waals surface area contributed by atoms with Crippen LogP contribution in [-0.4, -0.2) is 13.5 Å². The molecule has 108 valence electrons. The summed E-state index contributed by atoms with van der Waals surface area (Å²) in [4.78, 5) is 0.0304. The lowest BCUT2D eigenvalue weighted by molar-refractivity contribution is 0.477. The molecule has 0 aliphatic carbocycles. The third-order valence-electron chi connectivity index (χ3n) is 3.01. The zero-order valence-electron chi connectivity index (χ0n) is 11.4. The van der Waals surface area contributed by atoms with Gasteiger partial charge in [-0.3, -0.25) is 4.72 Å². The van der Waals surface area contributed by atoms with Crippen molar-refractivity contribution in [2.75, 3.05) is 4.72 Å². The van der Waals surface area contributed by atoms with Gasteiger partial charge in [-0.05, 0) is 48.4 Å². The van der Waals surface area contributed by atoms with Gasteiger partial charge in [0.1, 0.15) is 5.75 Å². The predicted molar refractivity (Wildman–Crippen MR) is 79.5 cm³/mol. The maximum atomic E-state index is 12.2. The van der Waals surface area contributed by atoms with Gasteiger partial charge in [-0.15, -0.1) is 0 Å². The molecule has 0 amide bonds. The van der Waals surface area contributed by atoms with Crippen LogP contribution in [0.3, 0.4) is 0 Å². The monoisotopic (exact) mass is 302 g/mol. The summed E-state index contributed by atoms with van der Waals surface area (Å²) in [5.41, 5.74) is 1.42. The van der Waals surface area contributed by atoms with E-state index in [4.69, 9.17) is 5.26 Å². The number of rotatable bonds is 4. The largest absolute Gasteiger partial charge is 0.506 e. The van der Waals surface area contributed by atoms with Crippen LogP contribution in [0.25, 0.3) is 0 Å². The van der Waals surface area contributed by atoms with Crippen LogP contribution >= 0.6 is 0 Å². The second-order valence-electron chi connectivity index (χ2n) is 4.45. The van der Waals surface area contributed by atoms with E-state index in [1.165, 1.54) is 30.3 Å². The molecule has 0 unspecified atom stereocenters. The summed E-state index contributed by atoms with van der Waals surface area (Å²) in [6, 6.07) is 12.3. The van der Waals surface area contributed by atoms with Crippen molar-refractivity contribution in [1.29, 1.82) is 5.26 Å². The molecule has 0 atom stereocenters. The number of phenolic OH excluding ortho intramolecular Hbond substituents is 1. The molecule has 0 aromatic heterocycles. The van der Waals surface area contributed by atoms with Gasteiger partial charge in [-0.25, -0.2) is 8.42 Å². The van der Waals surface area contributed by atoms with E-state index in [2.05, 4.69) is 4.72 Å². The molecule has 5 nitrogen and oxygen atoms in total. The lowest BCUT2D eigenvalue weighted by atomic mass is 10.1. The maximum Gasteiger partial charge on any atom is 0.262 e. The Balaban J connectivity index is 2.35. The molecule has 0 saturated carbocycles. The van der Waals surface area contributed by atoms with E-state index in [1.54, 1.807) is 12.1 Å². The number of aromatic hydroxyl groups is 1. The van der Waals surface area contributed by atoms with Gasteiger partial charge < -0.3 is 5.11 Å². The first-order valence-corrected chi connectivity index (χ1v) is 7.79. The highest BCUT2D eigenvalue weighted by Gasteiger charge is 2.16. The Morgan fingerprint density at radius 3 is 2.43 bits per heavy atom. The smallest absolute Gasteiger partial charge is 0.262 e. The molecular formula is C15H14N2O3S. The van der Waals surface area contributed by atoms with Crippen molar-refractivity contribution in [3.63, 3.8) is 0 Å². The van der Waals surface area contributed by atoms with Gasteiger partial charge in [0.25, 0.3) is 10.0 Å². The normalized spacial score (nSPS) is 10.9. The maximum absolute atomic E-state index is 12.2. The van der Waals surface area contributed by atoms with Crippen LogP contribution in [0.1, 0.15) is 18.1 Å². The minimum Gasteiger partial charge on any atom is -0.506 e. The molecule has 21 heavy (non-hydrogen) atoms. The zero-order chi connectivity index (χ0) is 15.5. The van der Waals surface area contributed by atoms with Crippen molar-refractivity contribution >= 4 is 15.7 Å². The third-order valence-corrected chi connectivity index (χ3v) is 4.39. The average Bonchev–Trinajstić information content (AvgIpc) is 2.49. The minimum absolute atomic E-state index is 0.0304. The number of sulfonamides is 1. The van der Waals surface area contributed by atoms with E-state index in [-0.39, 0.29) is 16.3 Å². The number of benzene rings is 2. The van der Waals surface area contributed by atoms with Crippen LogP contribution in [0, 0.1) is 11.3 Å². The van der Waals surface area contributed by atoms with E-state index in [1.807, 2.05) is 13.0 Å². The number of nitrogens with one attached hydrogen (secondary N) is 1. The van der Waals surface area contributed by atoms with Gasteiger partial charge in [0, 0.05) is 0 Å². The van der Waals surface area contributed by atoms with Crippen molar-refractivity contribution in [2.45, 2.75) is 18.2 Å². The Hall–Kier alpha value is -2.52. The fraction of sp³-hybridized carbons (Fsp3) is 0.133. The van der Waals surface area contributed by atoms with Gasteiger partial charge in [0.2, 0.25) is 0 Å². The van der Waals surface area contributed by atoms with Gasteiger partial charge in [0.05, 0.1) is 22.2 Å². The lowest BCUT2D eigenvalue weighted by Gasteiger charge is -2.11. The second-order valence-corrected chi connectivity index (χ2v) is 6.13. The number of nitrogens with zero attached hydrogens (tertiary/aromatic N) is 1. The summed E-state index contributed by atoms with van der Waals surface area (Å²) >= 11 is 0. The molecule has 2 aromatic carbocycles. The van der Waals surface area contributed by atoms with Crippen molar-refractivity contribution in [2.24, 2.45) is 0 Å². The third kappa shape index (κ3) is 3.33. The Morgan fingerprint density at radius 2 is 1.86 bits per heavy atom. The molecule has 0 spiro atoms. The fourth-order valence-electron chi connectivity index (χ4n) is 1.80. The minimum atomic E-state index is -3.81. The molecule has 0 bridgehead atoms. The van der Waals surface area contributed by atoms with Gasteiger partial charge in [-0.2, -0.15) is 5.26 Å². The van der Waals surface area contributed by atoms with Crippen molar-refractivity contribution in [3.05, 3.63) is 53.6 Å². The number of phenols is 1. The standard InChI is InChI=1S/C15H14N2O3S/c1-2-11-5-8-15(18)14(9-11)17-21(19,20)13-6-3-12(10-16)4-7-13/h3-9,17-18H,2H2,1H3. The predicted octanol–water partition coefficient (Wildman–Crippen LogP) is 2.63. The number of aryl methyl sites for hydroxylation is 1. The van der Waals surface area contributed by atoms with E-state index >= 15 is 0 Å². The van der Waals surface area contributed by atoms with Gasteiger partial charge in [0.15, 0.2) is 0 Å². The molecule has 2 aromatic rings. The number of anilines is 1. The van der Waals surface area contributed by atoms with Crippen LogP contribution in [0.4, 0.5) is 5.69 Å². The highest BCUT2D eigenvalue weighted by atomic mass is 32.2. The first-order valence-electron chi connectivity index (χ1n) is 6.31. The fourth-order valence-corrected chi connectivity index (χ4v) is 2.86. The van der Waals surface area contributed by atoms with E-state index in [0.29, 0.717) is 5.56 Å². The summed E-state index contributed by atoms with van der Waals surface area (Å²) < 4.78 is 26.9. The first-order chi connectivity index (χ1) is 9.96. The molecule has 0 aliphatic heterocycles. The van der Waals surface area contributed by atoms with Gasteiger partial charge in [-0.1, -0.05) is 13.0 Å². The van der Waals surface area contributed by atoms with Crippen LogP contribution in [0.2, 0.25) is 0 Å². The molecule has 2 rings (SSSR count). The van der Waals surface area contributed by atoms with E-state index in [0.717, 1.165) is 12.0 Å². The lowest BCUT2D eigenvalue weighted by Crippen LogP contribution is -2.13. The molecular weight excluding hydrogens is 288 g/mol. The van der Waals surface area contributed by atoms with E-state index < -0.39 is 10.0 Å². The van der Waals surface area contributed by atoms with Crippen molar-refractivity contribution < 1.29 is 13.5 Å². The summed E-state index contributed by atoms with van der Waals surface area (Å²) in [5, 5.41) is 18.5. The number of nitriles is 1. The van der Waals surface area contributed by atoms with Crippen LogP contribution < -0.4 is 4.72 Å². The second kappa shape index (κ2) is 5.85. The van der Waals surface area contributed by atoms with E-state index in [9.17, 15) is 13.5 Å². The quantitative estimate of drug-likeness (QED) is 0.849. The zero-order valence-corrected chi connectivity index (χ0v) is 12.2. The summed E-state index contributed by atoms with van der Waals surface area (Å²) in [7, 11) is -3.81. The SMILES string of the molecule is CCc1ccc(O)c(NS(=O)(=O)c2ccc(C#N)cc2)c1. The Bertz CT molecular complexity index is 791. The molecule has 6 heteroatoms. The van der Waals surface area contributed by atoms with Crippen LogP contribution in [0.5, 0.6) is 5.75 Å². The average molecular weight is 302 g/mol. The highest BCUT2D eigenvalue weighted by molar-refractivity contribution is 7.92. The molecule has 2 N–H and O–H groups in total. The topological polar surface area (TPSA) is 90.2 Å². The number of hydrogen-bond acceptors (Lipinski definition) is 4. The summed E-state index contributed by atoms with van der Waals surface area (Å²) in [6.07, 6.45) is 0.728.